The lowest BCUT2D eigenvalue weighted by atomic mass is 9.97. The quantitative estimate of drug-likeness (QED) is 0.867. The summed E-state index contributed by atoms with van der Waals surface area (Å²) in [5, 5.41) is 11.7. The number of hydrogen-bond acceptors (Lipinski definition) is 4. The zero-order valence-corrected chi connectivity index (χ0v) is 11.4. The van der Waals surface area contributed by atoms with Crippen molar-refractivity contribution in [3.05, 3.63) is 18.2 Å². The second kappa shape index (κ2) is 5.51. The van der Waals surface area contributed by atoms with Gasteiger partial charge in [0.25, 0.3) is 0 Å². The molecular weight excluding hydrogens is 276 g/mol. The Morgan fingerprint density at radius 3 is 2.62 bits per heavy atom. The maximum absolute atomic E-state index is 12.1. The predicted octanol–water partition coefficient (Wildman–Crippen LogP) is 1.74. The Labute approximate surface area is 121 Å². The van der Waals surface area contributed by atoms with Crippen molar-refractivity contribution < 1.29 is 24.2 Å². The Hall–Kier alpha value is -2.44. The summed E-state index contributed by atoms with van der Waals surface area (Å²) in [6.45, 7) is 1.09. The molecule has 0 spiro atoms. The summed E-state index contributed by atoms with van der Waals surface area (Å²) in [4.78, 5) is 24.7. The van der Waals surface area contributed by atoms with E-state index in [-0.39, 0.29) is 18.7 Å². The maximum Gasteiger partial charge on any atom is 0.321 e. The van der Waals surface area contributed by atoms with E-state index in [1.807, 2.05) is 0 Å². The Morgan fingerprint density at radius 1 is 1.19 bits per heavy atom. The number of benzene rings is 1. The number of likely N-dealkylation sites (tertiary alicyclic amines) is 1. The van der Waals surface area contributed by atoms with Crippen molar-refractivity contribution in [3.63, 3.8) is 0 Å². The van der Waals surface area contributed by atoms with E-state index in [1.54, 1.807) is 23.1 Å². The van der Waals surface area contributed by atoms with Crippen molar-refractivity contribution in [3.8, 4) is 11.5 Å². The monoisotopic (exact) mass is 292 g/mol. The van der Waals surface area contributed by atoms with Gasteiger partial charge in [0.1, 0.15) is 0 Å². The van der Waals surface area contributed by atoms with E-state index in [0.29, 0.717) is 43.1 Å². The fourth-order valence-corrected chi connectivity index (χ4v) is 2.51. The molecular formula is C14H16N2O5. The molecule has 7 nitrogen and oxygen atoms in total. The SMILES string of the molecule is O=C(O)C1CCN(C(=O)Nc2ccc3c(c2)OCO3)CC1. The van der Waals surface area contributed by atoms with Crippen LogP contribution >= 0.6 is 0 Å². The topological polar surface area (TPSA) is 88.1 Å². The van der Waals surface area contributed by atoms with E-state index in [1.165, 1.54) is 0 Å². The van der Waals surface area contributed by atoms with Gasteiger partial charge < -0.3 is 24.8 Å². The van der Waals surface area contributed by atoms with Gasteiger partial charge in [0, 0.05) is 24.8 Å². The highest BCUT2D eigenvalue weighted by atomic mass is 16.7. The number of hydrogen-bond donors (Lipinski definition) is 2. The number of ether oxygens (including phenoxy) is 2. The van der Waals surface area contributed by atoms with Gasteiger partial charge in [-0.25, -0.2) is 4.79 Å². The summed E-state index contributed by atoms with van der Waals surface area (Å²) in [6.07, 6.45) is 0.980. The van der Waals surface area contributed by atoms with E-state index < -0.39 is 5.97 Å². The Bertz CT molecular complexity index is 566. The predicted molar refractivity (Wildman–Crippen MR) is 73.5 cm³/mol. The Morgan fingerprint density at radius 2 is 1.90 bits per heavy atom. The smallest absolute Gasteiger partial charge is 0.321 e. The molecule has 3 rings (SSSR count). The van der Waals surface area contributed by atoms with Crippen LogP contribution in [0.1, 0.15) is 12.8 Å². The van der Waals surface area contributed by atoms with Gasteiger partial charge in [0.2, 0.25) is 6.79 Å². The third-order valence-corrected chi connectivity index (χ3v) is 3.76. The van der Waals surface area contributed by atoms with Crippen LogP contribution in [0.2, 0.25) is 0 Å². The van der Waals surface area contributed by atoms with Crippen LogP contribution in [0.25, 0.3) is 0 Å². The standard InChI is InChI=1S/C14H16N2O5/c17-13(18)9-3-5-16(6-4-9)14(19)15-10-1-2-11-12(7-10)21-8-20-11/h1-2,7,9H,3-6,8H2,(H,15,19)(H,17,18). The molecule has 0 radical (unpaired) electrons. The molecule has 1 aromatic rings. The number of carboxylic acid groups (broad SMARTS) is 1. The molecule has 0 unspecified atom stereocenters. The van der Waals surface area contributed by atoms with Crippen molar-refractivity contribution in [1.29, 1.82) is 0 Å². The van der Waals surface area contributed by atoms with Gasteiger partial charge in [-0.15, -0.1) is 0 Å². The first-order chi connectivity index (χ1) is 10.1. The van der Waals surface area contributed by atoms with Crippen LogP contribution in [0.15, 0.2) is 18.2 Å². The average molecular weight is 292 g/mol. The minimum absolute atomic E-state index is 0.190. The van der Waals surface area contributed by atoms with Gasteiger partial charge in [0.05, 0.1) is 5.92 Å². The Kier molecular flexibility index (Phi) is 3.55. The summed E-state index contributed by atoms with van der Waals surface area (Å²) in [6, 6.07) is 4.98. The number of nitrogens with zero attached hydrogens (tertiary/aromatic N) is 1. The number of urea groups is 1. The van der Waals surface area contributed by atoms with Crippen molar-refractivity contribution >= 4 is 17.7 Å². The van der Waals surface area contributed by atoms with Gasteiger partial charge in [-0.1, -0.05) is 0 Å². The van der Waals surface area contributed by atoms with Crippen LogP contribution in [0.5, 0.6) is 11.5 Å². The average Bonchev–Trinajstić information content (AvgIpc) is 2.95. The molecule has 1 saturated heterocycles. The van der Waals surface area contributed by atoms with Crippen LogP contribution in [0, 0.1) is 5.92 Å². The van der Waals surface area contributed by atoms with Crippen molar-refractivity contribution in [1.82, 2.24) is 4.90 Å². The lowest BCUT2D eigenvalue weighted by Gasteiger charge is -2.30. The van der Waals surface area contributed by atoms with Crippen molar-refractivity contribution in [2.75, 3.05) is 25.2 Å². The first-order valence-electron chi connectivity index (χ1n) is 6.82. The molecule has 21 heavy (non-hydrogen) atoms. The minimum Gasteiger partial charge on any atom is -0.481 e. The van der Waals surface area contributed by atoms with Gasteiger partial charge in [-0.05, 0) is 25.0 Å². The van der Waals surface area contributed by atoms with E-state index in [9.17, 15) is 9.59 Å². The van der Waals surface area contributed by atoms with Crippen molar-refractivity contribution in [2.45, 2.75) is 12.8 Å². The number of anilines is 1. The highest BCUT2D eigenvalue weighted by Crippen LogP contribution is 2.34. The number of aliphatic carboxylic acids is 1. The molecule has 1 aromatic carbocycles. The number of carbonyl (C=O) groups excluding carboxylic acids is 1. The molecule has 2 aliphatic heterocycles. The molecule has 0 aromatic heterocycles. The summed E-state index contributed by atoms with van der Waals surface area (Å²) >= 11 is 0. The molecule has 0 bridgehead atoms. The second-order valence-electron chi connectivity index (χ2n) is 5.10. The summed E-state index contributed by atoms with van der Waals surface area (Å²) in [7, 11) is 0. The molecule has 2 amide bonds. The summed E-state index contributed by atoms with van der Waals surface area (Å²) < 4.78 is 10.5. The van der Waals surface area contributed by atoms with Gasteiger partial charge in [-0.2, -0.15) is 0 Å². The molecule has 2 aliphatic rings. The van der Waals surface area contributed by atoms with Crippen LogP contribution in [-0.4, -0.2) is 41.9 Å². The molecule has 1 fully saturated rings. The number of nitrogens with one attached hydrogen (secondary N) is 1. The second-order valence-corrected chi connectivity index (χ2v) is 5.10. The molecule has 2 heterocycles. The molecule has 0 aliphatic carbocycles. The third-order valence-electron chi connectivity index (χ3n) is 3.76. The van der Waals surface area contributed by atoms with Crippen LogP contribution in [0.4, 0.5) is 10.5 Å². The number of carboxylic acids is 1. The molecule has 0 saturated carbocycles. The summed E-state index contributed by atoms with van der Waals surface area (Å²) in [5.74, 6) is 0.137. The number of fused-ring (bicyclic) bond motifs is 1. The maximum atomic E-state index is 12.1. The first kappa shape index (κ1) is 13.5. The number of piperidine rings is 1. The van der Waals surface area contributed by atoms with Crippen LogP contribution in [0.3, 0.4) is 0 Å². The summed E-state index contributed by atoms with van der Waals surface area (Å²) in [5.41, 5.74) is 0.629. The fourth-order valence-electron chi connectivity index (χ4n) is 2.51. The van der Waals surface area contributed by atoms with Crippen molar-refractivity contribution in [2.24, 2.45) is 5.92 Å². The fraction of sp³-hybridized carbons (Fsp3) is 0.429. The third kappa shape index (κ3) is 2.86. The van der Waals surface area contributed by atoms with E-state index in [4.69, 9.17) is 14.6 Å². The largest absolute Gasteiger partial charge is 0.481 e. The molecule has 112 valence electrons. The first-order valence-corrected chi connectivity index (χ1v) is 6.82. The molecule has 0 atom stereocenters. The normalized spacial score (nSPS) is 17.6. The number of amides is 2. The zero-order valence-electron chi connectivity index (χ0n) is 11.4. The highest BCUT2D eigenvalue weighted by molar-refractivity contribution is 5.90. The molecule has 7 heteroatoms. The number of rotatable bonds is 2. The van der Waals surface area contributed by atoms with Gasteiger partial charge >= 0.3 is 12.0 Å². The van der Waals surface area contributed by atoms with E-state index >= 15 is 0 Å². The van der Waals surface area contributed by atoms with Gasteiger partial charge in [-0.3, -0.25) is 4.79 Å². The van der Waals surface area contributed by atoms with Gasteiger partial charge in [0.15, 0.2) is 11.5 Å². The Balaban J connectivity index is 1.58. The zero-order chi connectivity index (χ0) is 14.8. The molecule has 2 N–H and O–H groups in total. The minimum atomic E-state index is -0.786. The lowest BCUT2D eigenvalue weighted by molar-refractivity contribution is -0.143. The van der Waals surface area contributed by atoms with E-state index in [0.717, 1.165) is 0 Å². The van der Waals surface area contributed by atoms with E-state index in [2.05, 4.69) is 5.32 Å². The lowest BCUT2D eigenvalue weighted by Crippen LogP contribution is -2.42. The van der Waals surface area contributed by atoms with Crippen LogP contribution < -0.4 is 14.8 Å². The van der Waals surface area contributed by atoms with Crippen LogP contribution in [-0.2, 0) is 4.79 Å². The highest BCUT2D eigenvalue weighted by Gasteiger charge is 2.27. The number of carbonyl (C=O) groups is 2.